The van der Waals surface area contributed by atoms with Gasteiger partial charge in [-0.05, 0) is 41.3 Å². The van der Waals surface area contributed by atoms with Crippen LogP contribution < -0.4 is 15.4 Å². The molecule has 0 aliphatic heterocycles. The molecule has 0 saturated heterocycles. The van der Waals surface area contributed by atoms with Crippen molar-refractivity contribution in [2.75, 3.05) is 10.6 Å². The molecular weight excluding hydrogens is 366 g/mol. The third kappa shape index (κ3) is 4.73. The summed E-state index contributed by atoms with van der Waals surface area (Å²) >= 11 is 1.23. The molecule has 0 aliphatic carbocycles. The number of carbonyl (C=O) groups excluding carboxylic acids is 1. The van der Waals surface area contributed by atoms with E-state index < -0.39 is 12.2 Å². The third-order valence-corrected chi connectivity index (χ3v) is 4.69. The molecule has 0 unspecified atom stereocenters. The van der Waals surface area contributed by atoms with Crippen LogP contribution in [0, 0.1) is 0 Å². The molecule has 0 fully saturated rings. The van der Waals surface area contributed by atoms with Crippen LogP contribution in [0.15, 0.2) is 42.5 Å². The van der Waals surface area contributed by atoms with Gasteiger partial charge in [-0.3, -0.25) is 10.6 Å². The highest BCUT2D eigenvalue weighted by Crippen LogP contribution is 2.29. The first-order valence-electron chi connectivity index (χ1n) is 8.20. The van der Waals surface area contributed by atoms with Gasteiger partial charge >= 0.3 is 12.2 Å². The molecule has 0 atom stereocenters. The second-order valence-corrected chi connectivity index (χ2v) is 7.95. The maximum absolute atomic E-state index is 12.2. The quantitative estimate of drug-likeness (QED) is 0.568. The highest BCUT2D eigenvalue weighted by Gasteiger charge is 2.15. The zero-order chi connectivity index (χ0) is 19.6. The molecule has 1 heterocycles. The topological polar surface area (TPSA) is 101 Å². The monoisotopic (exact) mass is 385 g/mol. The Balaban J connectivity index is 1.71. The Morgan fingerprint density at radius 3 is 2.59 bits per heavy atom. The number of ether oxygens (including phenoxy) is 1. The number of benzene rings is 2. The van der Waals surface area contributed by atoms with Gasteiger partial charge in [0, 0.05) is 5.69 Å². The van der Waals surface area contributed by atoms with Crippen molar-refractivity contribution in [3.63, 3.8) is 0 Å². The summed E-state index contributed by atoms with van der Waals surface area (Å²) in [7, 11) is 0. The number of hydrogen-bond acceptors (Lipinski definition) is 5. The Kier molecular flexibility index (Phi) is 5.00. The Morgan fingerprint density at radius 1 is 1.11 bits per heavy atom. The van der Waals surface area contributed by atoms with Crippen LogP contribution in [0.25, 0.3) is 10.2 Å². The van der Waals surface area contributed by atoms with Gasteiger partial charge in [-0.15, -0.1) is 0 Å². The number of carbonyl (C=O) groups is 2. The second kappa shape index (κ2) is 7.24. The summed E-state index contributed by atoms with van der Waals surface area (Å²) in [5.74, 6) is 0.453. The highest BCUT2D eigenvalue weighted by molar-refractivity contribution is 7.22. The predicted molar refractivity (Wildman–Crippen MR) is 106 cm³/mol. The molecule has 2 amide bonds. The van der Waals surface area contributed by atoms with Gasteiger partial charge in [0.1, 0.15) is 5.75 Å². The summed E-state index contributed by atoms with van der Waals surface area (Å²) in [6.07, 6.45) is -1.78. The van der Waals surface area contributed by atoms with Gasteiger partial charge < -0.3 is 9.84 Å². The van der Waals surface area contributed by atoms with E-state index in [4.69, 9.17) is 9.84 Å². The second-order valence-electron chi connectivity index (χ2n) is 6.92. The highest BCUT2D eigenvalue weighted by atomic mass is 32.1. The number of fused-ring (bicyclic) bond motifs is 1. The first-order chi connectivity index (χ1) is 12.7. The smallest absolute Gasteiger partial charge is 0.418 e. The molecule has 27 heavy (non-hydrogen) atoms. The normalized spacial score (nSPS) is 11.2. The average molecular weight is 385 g/mol. The molecular formula is C19H19N3O4S. The Labute approximate surface area is 160 Å². The van der Waals surface area contributed by atoms with E-state index in [0.29, 0.717) is 22.1 Å². The summed E-state index contributed by atoms with van der Waals surface area (Å²) < 4.78 is 6.09. The number of anilines is 2. The van der Waals surface area contributed by atoms with E-state index in [1.165, 1.54) is 11.3 Å². The van der Waals surface area contributed by atoms with Crippen LogP contribution in [0.2, 0.25) is 0 Å². The van der Waals surface area contributed by atoms with E-state index in [-0.39, 0.29) is 5.41 Å². The fraction of sp³-hybridized carbons (Fsp3) is 0.211. The van der Waals surface area contributed by atoms with Crippen molar-refractivity contribution in [2.24, 2.45) is 0 Å². The molecule has 0 aliphatic rings. The molecule has 3 rings (SSSR count). The van der Waals surface area contributed by atoms with Crippen LogP contribution in [0.4, 0.5) is 20.4 Å². The Bertz CT molecular complexity index is 1010. The summed E-state index contributed by atoms with van der Waals surface area (Å²) in [4.78, 5) is 27.2. The van der Waals surface area contributed by atoms with E-state index in [1.807, 2.05) is 18.2 Å². The SMILES string of the molecule is CC(C)(C)c1cccc(OC(=O)Nc2nc3ccc(NC(=O)O)cc3s2)c1. The minimum Gasteiger partial charge on any atom is -0.465 e. The first kappa shape index (κ1) is 18.7. The maximum Gasteiger partial charge on any atom is 0.418 e. The number of nitrogens with one attached hydrogen (secondary N) is 2. The molecule has 3 N–H and O–H groups in total. The van der Waals surface area contributed by atoms with Crippen LogP contribution in [0.3, 0.4) is 0 Å². The number of nitrogens with zero attached hydrogens (tertiary/aromatic N) is 1. The van der Waals surface area contributed by atoms with Crippen molar-refractivity contribution in [1.82, 2.24) is 4.98 Å². The standard InChI is InChI=1S/C19H19N3O4S/c1-19(2,3)11-5-4-6-13(9-11)26-18(25)22-16-21-14-8-7-12(20-17(23)24)10-15(14)27-16/h4-10,20H,1-3H3,(H,23,24)(H,21,22,25). The Hall–Kier alpha value is -3.13. The molecule has 0 bridgehead atoms. The summed E-state index contributed by atoms with van der Waals surface area (Å²) in [6, 6.07) is 12.3. The molecule has 0 spiro atoms. The van der Waals surface area contributed by atoms with Crippen LogP contribution >= 0.6 is 11.3 Å². The van der Waals surface area contributed by atoms with Gasteiger partial charge in [0.15, 0.2) is 5.13 Å². The van der Waals surface area contributed by atoms with E-state index >= 15 is 0 Å². The lowest BCUT2D eigenvalue weighted by Crippen LogP contribution is -2.17. The molecule has 3 aromatic rings. The first-order valence-corrected chi connectivity index (χ1v) is 9.02. The number of thiazole rings is 1. The fourth-order valence-corrected chi connectivity index (χ4v) is 3.32. The van der Waals surface area contributed by atoms with Gasteiger partial charge in [0.25, 0.3) is 0 Å². The molecule has 2 aromatic carbocycles. The fourth-order valence-electron chi connectivity index (χ4n) is 2.43. The summed E-state index contributed by atoms with van der Waals surface area (Å²) in [6.45, 7) is 6.25. The summed E-state index contributed by atoms with van der Waals surface area (Å²) in [5, 5.41) is 14.0. The van der Waals surface area contributed by atoms with Crippen LogP contribution in [-0.2, 0) is 5.41 Å². The van der Waals surface area contributed by atoms with Crippen molar-refractivity contribution in [2.45, 2.75) is 26.2 Å². The lowest BCUT2D eigenvalue weighted by molar-refractivity contribution is 0.209. The lowest BCUT2D eigenvalue weighted by Gasteiger charge is -2.19. The zero-order valence-electron chi connectivity index (χ0n) is 15.1. The van der Waals surface area contributed by atoms with Crippen LogP contribution in [0.1, 0.15) is 26.3 Å². The number of hydrogen-bond donors (Lipinski definition) is 3. The van der Waals surface area contributed by atoms with Gasteiger partial charge in [0.2, 0.25) is 0 Å². The van der Waals surface area contributed by atoms with Gasteiger partial charge in [0.05, 0.1) is 10.2 Å². The molecule has 8 heteroatoms. The molecule has 0 radical (unpaired) electrons. The maximum atomic E-state index is 12.2. The average Bonchev–Trinajstić information content (AvgIpc) is 2.95. The molecule has 140 valence electrons. The van der Waals surface area contributed by atoms with Gasteiger partial charge in [-0.2, -0.15) is 0 Å². The van der Waals surface area contributed by atoms with Crippen molar-refractivity contribution < 1.29 is 19.4 Å². The minimum atomic E-state index is -1.14. The van der Waals surface area contributed by atoms with Gasteiger partial charge in [-0.25, -0.2) is 14.6 Å². The predicted octanol–water partition coefficient (Wildman–Crippen LogP) is 5.29. The van der Waals surface area contributed by atoms with E-state index in [1.54, 1.807) is 24.3 Å². The van der Waals surface area contributed by atoms with E-state index in [0.717, 1.165) is 10.3 Å². The lowest BCUT2D eigenvalue weighted by atomic mass is 9.87. The number of amides is 2. The molecule has 0 saturated carbocycles. The van der Waals surface area contributed by atoms with Crippen molar-refractivity contribution in [1.29, 1.82) is 0 Å². The molecule has 1 aromatic heterocycles. The zero-order valence-corrected chi connectivity index (χ0v) is 15.9. The van der Waals surface area contributed by atoms with E-state index in [9.17, 15) is 9.59 Å². The largest absolute Gasteiger partial charge is 0.465 e. The number of rotatable bonds is 3. The van der Waals surface area contributed by atoms with Gasteiger partial charge in [-0.1, -0.05) is 44.2 Å². The minimum absolute atomic E-state index is 0.0510. The van der Waals surface area contributed by atoms with Crippen molar-refractivity contribution in [3.05, 3.63) is 48.0 Å². The van der Waals surface area contributed by atoms with E-state index in [2.05, 4.69) is 36.4 Å². The van der Waals surface area contributed by atoms with Crippen LogP contribution in [-0.4, -0.2) is 22.3 Å². The third-order valence-electron chi connectivity index (χ3n) is 3.76. The molecule has 7 nitrogen and oxygen atoms in total. The van der Waals surface area contributed by atoms with Crippen molar-refractivity contribution >= 4 is 44.6 Å². The number of carboxylic acid groups (broad SMARTS) is 1. The van der Waals surface area contributed by atoms with Crippen LogP contribution in [0.5, 0.6) is 5.75 Å². The van der Waals surface area contributed by atoms with Crippen molar-refractivity contribution in [3.8, 4) is 5.75 Å². The number of aromatic nitrogens is 1. The summed E-state index contributed by atoms with van der Waals surface area (Å²) in [5.41, 5.74) is 2.10. The Morgan fingerprint density at radius 2 is 1.89 bits per heavy atom.